The molecular formula is C11H14ClN3O2S. The van der Waals surface area contributed by atoms with E-state index in [1.165, 1.54) is 11.8 Å². The van der Waals surface area contributed by atoms with Crippen molar-refractivity contribution in [3.05, 3.63) is 40.0 Å². The second-order valence-corrected chi connectivity index (χ2v) is 4.68. The van der Waals surface area contributed by atoms with E-state index in [4.69, 9.17) is 27.9 Å². The van der Waals surface area contributed by atoms with Crippen LogP contribution in [0.2, 0.25) is 5.02 Å². The van der Waals surface area contributed by atoms with Crippen LogP contribution in [0.15, 0.2) is 39.9 Å². The van der Waals surface area contributed by atoms with Crippen molar-refractivity contribution in [1.29, 1.82) is 0 Å². The van der Waals surface area contributed by atoms with Crippen LogP contribution in [0, 0.1) is 0 Å². The fourth-order valence-electron chi connectivity index (χ4n) is 1.08. The minimum atomic E-state index is -0.605. The fraction of sp³-hybridized carbons (Fsp3) is 0.182. The highest BCUT2D eigenvalue weighted by Gasteiger charge is 2.13. The predicted molar refractivity (Wildman–Crippen MR) is 72.5 cm³/mol. The Morgan fingerprint density at radius 2 is 2.06 bits per heavy atom. The van der Waals surface area contributed by atoms with Crippen LogP contribution in [0.3, 0.4) is 0 Å². The van der Waals surface area contributed by atoms with Crippen LogP contribution in [0.25, 0.3) is 0 Å². The number of nitrogens with one attached hydrogen (secondary N) is 1. The smallest absolute Gasteiger partial charge is 0.356 e. The molecule has 0 amide bonds. The zero-order valence-corrected chi connectivity index (χ0v) is 11.3. The summed E-state index contributed by atoms with van der Waals surface area (Å²) in [6.45, 7) is 1.95. The highest BCUT2D eigenvalue weighted by atomic mass is 35.5. The molecule has 0 aliphatic heterocycles. The van der Waals surface area contributed by atoms with Crippen LogP contribution < -0.4 is 17.0 Å². The van der Waals surface area contributed by atoms with Gasteiger partial charge in [-0.15, -0.1) is 0 Å². The lowest BCUT2D eigenvalue weighted by atomic mass is 10.4. The summed E-state index contributed by atoms with van der Waals surface area (Å²) in [6, 6.07) is 7.06. The standard InChI is InChI=1S/C11H14ClN3O2S/c1-2-17-11(16)9(13)10(15-14)18-8-5-3-7(12)4-6-8/h3-6,15H,2,13-14H2,1H3/b10-9+. The molecule has 0 saturated carbocycles. The Bertz CT molecular complexity index is 448. The molecule has 0 bridgehead atoms. The van der Waals surface area contributed by atoms with Crippen LogP contribution in [0.5, 0.6) is 0 Å². The summed E-state index contributed by atoms with van der Waals surface area (Å²) in [5.74, 6) is 4.74. The molecule has 0 aliphatic rings. The quantitative estimate of drug-likeness (QED) is 0.250. The number of carbonyl (C=O) groups excluding carboxylic acids is 1. The zero-order valence-electron chi connectivity index (χ0n) is 9.77. The topological polar surface area (TPSA) is 90.4 Å². The van der Waals surface area contributed by atoms with E-state index in [0.29, 0.717) is 10.1 Å². The van der Waals surface area contributed by atoms with E-state index in [1.54, 1.807) is 31.2 Å². The first-order valence-electron chi connectivity index (χ1n) is 5.15. The van der Waals surface area contributed by atoms with Crippen molar-refractivity contribution in [3.63, 3.8) is 0 Å². The summed E-state index contributed by atoms with van der Waals surface area (Å²) in [7, 11) is 0. The zero-order chi connectivity index (χ0) is 13.5. The number of benzene rings is 1. The van der Waals surface area contributed by atoms with Crippen LogP contribution >= 0.6 is 23.4 Å². The fourth-order valence-corrected chi connectivity index (χ4v) is 1.97. The first-order valence-corrected chi connectivity index (χ1v) is 6.34. The van der Waals surface area contributed by atoms with Crippen LogP contribution in [-0.4, -0.2) is 12.6 Å². The number of rotatable bonds is 5. The van der Waals surface area contributed by atoms with Crippen molar-refractivity contribution in [1.82, 2.24) is 5.43 Å². The first-order chi connectivity index (χ1) is 8.58. The Kier molecular flexibility index (Phi) is 5.84. The molecule has 98 valence electrons. The lowest BCUT2D eigenvalue weighted by Crippen LogP contribution is -2.27. The monoisotopic (exact) mass is 287 g/mol. The second kappa shape index (κ2) is 7.15. The summed E-state index contributed by atoms with van der Waals surface area (Å²) >= 11 is 6.99. The highest BCUT2D eigenvalue weighted by molar-refractivity contribution is 8.03. The molecule has 1 aromatic carbocycles. The van der Waals surface area contributed by atoms with Crippen LogP contribution in [0.1, 0.15) is 6.92 Å². The summed E-state index contributed by atoms with van der Waals surface area (Å²) < 4.78 is 4.79. The van der Waals surface area contributed by atoms with Crippen molar-refractivity contribution in [2.24, 2.45) is 11.6 Å². The molecule has 0 atom stereocenters. The molecule has 0 radical (unpaired) electrons. The molecule has 18 heavy (non-hydrogen) atoms. The van der Waals surface area contributed by atoms with Gasteiger partial charge in [0.25, 0.3) is 0 Å². The normalized spacial score (nSPS) is 11.7. The average Bonchev–Trinajstić information content (AvgIpc) is 2.37. The second-order valence-electron chi connectivity index (χ2n) is 3.16. The minimum Gasteiger partial charge on any atom is -0.461 e. The molecular weight excluding hydrogens is 274 g/mol. The first kappa shape index (κ1) is 14.7. The Labute approximate surface area is 114 Å². The summed E-state index contributed by atoms with van der Waals surface area (Å²) in [4.78, 5) is 12.3. The van der Waals surface area contributed by atoms with Gasteiger partial charge in [-0.1, -0.05) is 23.4 Å². The highest BCUT2D eigenvalue weighted by Crippen LogP contribution is 2.26. The number of hydrogen-bond donors (Lipinski definition) is 3. The van der Waals surface area contributed by atoms with E-state index >= 15 is 0 Å². The van der Waals surface area contributed by atoms with Crippen molar-refractivity contribution >= 4 is 29.3 Å². The van der Waals surface area contributed by atoms with Gasteiger partial charge in [-0.05, 0) is 31.2 Å². The van der Waals surface area contributed by atoms with Gasteiger partial charge in [0.05, 0.1) is 6.61 Å². The molecule has 0 aromatic heterocycles. The van der Waals surface area contributed by atoms with Gasteiger partial charge in [0, 0.05) is 9.92 Å². The van der Waals surface area contributed by atoms with Crippen molar-refractivity contribution in [3.8, 4) is 0 Å². The molecule has 0 unspecified atom stereocenters. The summed E-state index contributed by atoms with van der Waals surface area (Å²) in [5.41, 5.74) is 7.98. The molecule has 1 aromatic rings. The number of hydrogen-bond acceptors (Lipinski definition) is 6. The van der Waals surface area contributed by atoms with E-state index in [2.05, 4.69) is 5.43 Å². The third-order valence-corrected chi connectivity index (χ3v) is 3.21. The number of hydrazine groups is 1. The van der Waals surface area contributed by atoms with Gasteiger partial charge in [0.15, 0.2) is 0 Å². The van der Waals surface area contributed by atoms with Crippen LogP contribution in [-0.2, 0) is 9.53 Å². The maximum Gasteiger partial charge on any atom is 0.356 e. The van der Waals surface area contributed by atoms with Crippen LogP contribution in [0.4, 0.5) is 0 Å². The third-order valence-electron chi connectivity index (χ3n) is 1.90. The van der Waals surface area contributed by atoms with Gasteiger partial charge in [-0.3, -0.25) is 0 Å². The van der Waals surface area contributed by atoms with Gasteiger partial charge in [-0.25, -0.2) is 10.6 Å². The molecule has 0 saturated heterocycles. The van der Waals surface area contributed by atoms with E-state index < -0.39 is 5.97 Å². The average molecular weight is 288 g/mol. The lowest BCUT2D eigenvalue weighted by molar-refractivity contribution is -0.138. The molecule has 0 spiro atoms. The molecule has 5 nitrogen and oxygen atoms in total. The third kappa shape index (κ3) is 4.14. The Morgan fingerprint density at radius 1 is 1.44 bits per heavy atom. The van der Waals surface area contributed by atoms with Gasteiger partial charge in [-0.2, -0.15) is 0 Å². The summed E-state index contributed by atoms with van der Waals surface area (Å²) in [6.07, 6.45) is 0. The van der Waals surface area contributed by atoms with E-state index in [-0.39, 0.29) is 12.3 Å². The SMILES string of the molecule is CCOC(=O)/C(N)=C(/NN)Sc1ccc(Cl)cc1. The molecule has 1 rings (SSSR count). The molecule has 0 fully saturated rings. The molecule has 0 aliphatic carbocycles. The van der Waals surface area contributed by atoms with E-state index in [1.807, 2.05) is 0 Å². The largest absolute Gasteiger partial charge is 0.461 e. The van der Waals surface area contributed by atoms with Crippen molar-refractivity contribution < 1.29 is 9.53 Å². The molecule has 7 heteroatoms. The van der Waals surface area contributed by atoms with Gasteiger partial charge >= 0.3 is 5.97 Å². The van der Waals surface area contributed by atoms with Crippen molar-refractivity contribution in [2.45, 2.75) is 11.8 Å². The number of halogens is 1. The Balaban J connectivity index is 2.86. The van der Waals surface area contributed by atoms with E-state index in [9.17, 15) is 4.79 Å². The number of nitrogens with two attached hydrogens (primary N) is 2. The van der Waals surface area contributed by atoms with Gasteiger partial charge in [0.2, 0.25) is 0 Å². The Morgan fingerprint density at radius 3 is 2.56 bits per heavy atom. The molecule has 0 heterocycles. The molecule has 5 N–H and O–H groups in total. The number of thioether (sulfide) groups is 1. The predicted octanol–water partition coefficient (Wildman–Crippen LogP) is 1.59. The lowest BCUT2D eigenvalue weighted by Gasteiger charge is -2.10. The van der Waals surface area contributed by atoms with Gasteiger partial charge in [0.1, 0.15) is 10.7 Å². The number of carbonyl (C=O) groups is 1. The maximum atomic E-state index is 11.5. The summed E-state index contributed by atoms with van der Waals surface area (Å²) in [5, 5.41) is 0.958. The maximum absolute atomic E-state index is 11.5. The van der Waals surface area contributed by atoms with Gasteiger partial charge < -0.3 is 15.9 Å². The van der Waals surface area contributed by atoms with Crippen molar-refractivity contribution in [2.75, 3.05) is 6.61 Å². The minimum absolute atomic E-state index is 0.0562. The Hall–Kier alpha value is -1.37. The number of esters is 1. The number of ether oxygens (including phenoxy) is 1. The van der Waals surface area contributed by atoms with E-state index in [0.717, 1.165) is 4.90 Å².